The molecule has 0 saturated heterocycles. The first kappa shape index (κ1) is 13.2. The minimum atomic E-state index is -0.152. The summed E-state index contributed by atoms with van der Waals surface area (Å²) in [5, 5.41) is 8.21. The molecule has 4 bridgehead atoms. The Morgan fingerprint density at radius 3 is 2.29 bits per heavy atom. The first-order valence-corrected chi connectivity index (χ1v) is 8.13. The summed E-state index contributed by atoms with van der Waals surface area (Å²) in [6, 6.07) is 1.49. The van der Waals surface area contributed by atoms with Crippen molar-refractivity contribution in [3.8, 4) is 0 Å². The van der Waals surface area contributed by atoms with Crippen LogP contribution in [0.5, 0.6) is 0 Å². The van der Waals surface area contributed by atoms with E-state index in [0.29, 0.717) is 13.0 Å². The Balaban J connectivity index is 1.37. The Morgan fingerprint density at radius 1 is 1.14 bits per heavy atom. The van der Waals surface area contributed by atoms with Gasteiger partial charge in [-0.15, -0.1) is 0 Å². The molecule has 4 fully saturated rings. The first-order valence-electron chi connectivity index (χ1n) is 8.13. The second-order valence-corrected chi connectivity index (χ2v) is 7.65. The lowest BCUT2D eigenvalue weighted by Crippen LogP contribution is -2.47. The molecule has 0 atom stereocenters. The van der Waals surface area contributed by atoms with Crippen molar-refractivity contribution >= 4 is 5.91 Å². The van der Waals surface area contributed by atoms with Gasteiger partial charge >= 0.3 is 0 Å². The Labute approximate surface area is 123 Å². The van der Waals surface area contributed by atoms with E-state index in [1.807, 2.05) is 0 Å². The number of nitrogens with one attached hydrogen (secondary N) is 3. The summed E-state index contributed by atoms with van der Waals surface area (Å²) >= 11 is 0. The molecule has 1 aromatic rings. The van der Waals surface area contributed by atoms with Gasteiger partial charge in [-0.05, 0) is 61.7 Å². The highest BCUT2D eigenvalue weighted by Gasteiger charge is 2.51. The van der Waals surface area contributed by atoms with Crippen LogP contribution in [0.2, 0.25) is 0 Å². The molecule has 21 heavy (non-hydrogen) atoms. The van der Waals surface area contributed by atoms with Crippen molar-refractivity contribution in [3.63, 3.8) is 0 Å². The maximum absolute atomic E-state index is 12.3. The Bertz CT molecular complexity index is 565. The molecule has 4 aliphatic carbocycles. The summed E-state index contributed by atoms with van der Waals surface area (Å²) < 4.78 is 0. The highest BCUT2D eigenvalue weighted by molar-refractivity contribution is 5.76. The highest BCUT2D eigenvalue weighted by atomic mass is 16.1. The predicted molar refractivity (Wildman–Crippen MR) is 78.5 cm³/mol. The highest BCUT2D eigenvalue weighted by Crippen LogP contribution is 2.61. The number of amides is 1. The van der Waals surface area contributed by atoms with Crippen LogP contribution < -0.4 is 10.9 Å². The lowest BCUT2D eigenvalue weighted by atomic mass is 9.49. The molecule has 4 saturated carbocycles. The molecule has 1 heterocycles. The molecule has 1 amide bonds. The number of hydrogen-bond acceptors (Lipinski definition) is 2. The van der Waals surface area contributed by atoms with Gasteiger partial charge in [0.1, 0.15) is 0 Å². The topological polar surface area (TPSA) is 77.8 Å². The molecule has 0 aliphatic heterocycles. The van der Waals surface area contributed by atoms with Gasteiger partial charge in [0.2, 0.25) is 5.91 Å². The predicted octanol–water partition coefficient (Wildman–Crippen LogP) is 1.93. The van der Waals surface area contributed by atoms with Crippen LogP contribution in [0.15, 0.2) is 10.9 Å². The summed E-state index contributed by atoms with van der Waals surface area (Å²) in [6.45, 7) is 0.407. The fraction of sp³-hybridized carbons (Fsp3) is 0.750. The van der Waals surface area contributed by atoms with Gasteiger partial charge in [-0.25, -0.2) is 0 Å². The zero-order valence-corrected chi connectivity index (χ0v) is 12.3. The molecule has 4 aliphatic rings. The molecule has 5 heteroatoms. The van der Waals surface area contributed by atoms with Crippen molar-refractivity contribution < 1.29 is 4.79 Å². The second kappa shape index (κ2) is 4.75. The maximum Gasteiger partial charge on any atom is 0.264 e. The summed E-state index contributed by atoms with van der Waals surface area (Å²) in [5.74, 6) is 2.78. The number of H-pyrrole nitrogens is 2. The van der Waals surface area contributed by atoms with Crippen LogP contribution in [0.1, 0.15) is 50.6 Å². The van der Waals surface area contributed by atoms with Crippen molar-refractivity contribution in [2.24, 2.45) is 23.2 Å². The first-order chi connectivity index (χ1) is 10.1. The van der Waals surface area contributed by atoms with E-state index in [4.69, 9.17) is 0 Å². The normalized spacial score (nSPS) is 36.9. The van der Waals surface area contributed by atoms with E-state index in [9.17, 15) is 9.59 Å². The van der Waals surface area contributed by atoms with Gasteiger partial charge in [-0.1, -0.05) is 0 Å². The van der Waals surface area contributed by atoms with Crippen molar-refractivity contribution in [2.75, 3.05) is 0 Å². The van der Waals surface area contributed by atoms with Crippen LogP contribution in [0.3, 0.4) is 0 Å². The Morgan fingerprint density at radius 2 is 1.76 bits per heavy atom. The number of aromatic amines is 2. The lowest BCUT2D eigenvalue weighted by molar-refractivity contribution is -0.129. The second-order valence-electron chi connectivity index (χ2n) is 7.65. The minimum absolute atomic E-state index is 0.138. The molecular formula is C16H23N3O2. The van der Waals surface area contributed by atoms with Gasteiger partial charge in [-0.2, -0.15) is 0 Å². The van der Waals surface area contributed by atoms with E-state index >= 15 is 0 Å². The zero-order chi connectivity index (χ0) is 14.4. The average Bonchev–Trinajstić information content (AvgIpc) is 2.80. The van der Waals surface area contributed by atoms with Crippen molar-refractivity contribution in [3.05, 3.63) is 22.1 Å². The lowest BCUT2D eigenvalue weighted by Gasteiger charge is -2.56. The van der Waals surface area contributed by atoms with E-state index in [1.54, 1.807) is 0 Å². The van der Waals surface area contributed by atoms with Crippen LogP contribution in [0.4, 0.5) is 0 Å². The third-order valence-corrected chi connectivity index (χ3v) is 5.83. The molecule has 1 aromatic heterocycles. The molecular weight excluding hydrogens is 266 g/mol. The summed E-state index contributed by atoms with van der Waals surface area (Å²) in [5.41, 5.74) is 0.865. The molecule has 0 spiro atoms. The zero-order valence-electron chi connectivity index (χ0n) is 12.3. The largest absolute Gasteiger partial charge is 0.350 e. The Hall–Kier alpha value is -1.52. The van der Waals surface area contributed by atoms with Gasteiger partial charge in [0, 0.05) is 12.5 Å². The average molecular weight is 289 g/mol. The molecule has 5 nitrogen and oxygen atoms in total. The molecule has 114 valence electrons. The van der Waals surface area contributed by atoms with Crippen LogP contribution in [-0.2, 0) is 11.3 Å². The van der Waals surface area contributed by atoms with Crippen molar-refractivity contribution in [1.82, 2.24) is 15.5 Å². The van der Waals surface area contributed by atoms with Gasteiger partial charge < -0.3 is 10.4 Å². The third kappa shape index (κ3) is 2.54. The van der Waals surface area contributed by atoms with Crippen LogP contribution in [-0.4, -0.2) is 16.1 Å². The fourth-order valence-electron chi connectivity index (χ4n) is 5.57. The smallest absolute Gasteiger partial charge is 0.264 e. The number of carbonyl (C=O) groups is 1. The van der Waals surface area contributed by atoms with E-state index in [-0.39, 0.29) is 16.9 Å². The van der Waals surface area contributed by atoms with Crippen LogP contribution in [0, 0.1) is 23.2 Å². The van der Waals surface area contributed by atoms with E-state index < -0.39 is 0 Å². The van der Waals surface area contributed by atoms with Gasteiger partial charge in [0.15, 0.2) is 0 Å². The summed E-state index contributed by atoms with van der Waals surface area (Å²) in [7, 11) is 0. The number of rotatable bonds is 4. The van der Waals surface area contributed by atoms with Crippen molar-refractivity contribution in [1.29, 1.82) is 0 Å². The monoisotopic (exact) mass is 289 g/mol. The van der Waals surface area contributed by atoms with Crippen LogP contribution in [0.25, 0.3) is 0 Å². The standard InChI is InChI=1S/C16H23N3O2/c20-14-4-13(18-19-14)9-17-15(21)8-16-5-10-1-11(6-16)3-12(2-10)7-16/h4,10-12H,1-3,5-9H2,(H,17,21)(H2,18,19,20). The van der Waals surface area contributed by atoms with Gasteiger partial charge in [0.05, 0.1) is 12.2 Å². The minimum Gasteiger partial charge on any atom is -0.350 e. The van der Waals surface area contributed by atoms with E-state index in [2.05, 4.69) is 15.5 Å². The summed E-state index contributed by atoms with van der Waals surface area (Å²) in [4.78, 5) is 23.3. The molecule has 0 unspecified atom stereocenters. The van der Waals surface area contributed by atoms with E-state index in [1.165, 1.54) is 44.6 Å². The Kier molecular flexibility index (Phi) is 2.98. The number of hydrogen-bond donors (Lipinski definition) is 3. The van der Waals surface area contributed by atoms with Crippen LogP contribution >= 0.6 is 0 Å². The van der Waals surface area contributed by atoms with E-state index in [0.717, 1.165) is 23.4 Å². The quantitative estimate of drug-likeness (QED) is 0.792. The van der Waals surface area contributed by atoms with Gasteiger partial charge in [0.25, 0.3) is 5.56 Å². The van der Waals surface area contributed by atoms with Crippen molar-refractivity contribution in [2.45, 2.75) is 51.5 Å². The molecule has 3 N–H and O–H groups in total. The third-order valence-electron chi connectivity index (χ3n) is 5.83. The maximum atomic E-state index is 12.3. The SMILES string of the molecule is O=C(CC12CC3CC(CC(C3)C1)C2)NCc1cc(=O)[nH][nH]1. The fourth-order valence-corrected chi connectivity index (χ4v) is 5.57. The number of aromatic nitrogens is 2. The summed E-state index contributed by atoms with van der Waals surface area (Å²) in [6.07, 6.45) is 8.67. The number of carbonyl (C=O) groups excluding carboxylic acids is 1. The van der Waals surface area contributed by atoms with Gasteiger partial charge in [-0.3, -0.25) is 14.7 Å². The molecule has 5 rings (SSSR count). The molecule has 0 radical (unpaired) electrons. The molecule has 0 aromatic carbocycles.